The average Bonchev–Trinajstić information content (AvgIpc) is 2.90. The molecule has 1 aromatic carbocycles. The smallest absolute Gasteiger partial charge is 0.147 e. The molecule has 26 heavy (non-hydrogen) atoms. The predicted molar refractivity (Wildman–Crippen MR) is 111 cm³/mol. The zero-order valence-corrected chi connectivity index (χ0v) is 16.7. The molecule has 0 spiro atoms. The van der Waals surface area contributed by atoms with Gasteiger partial charge in [-0.15, -0.1) is 0 Å². The molecule has 1 saturated heterocycles. The SMILES string of the molecule is Cc1cc(N2CC[CH]CC2)c2c(C)cn(-c3c(C)cc(Cl)cc3C)c2n1. The van der Waals surface area contributed by atoms with Crippen LogP contribution in [0.25, 0.3) is 16.7 Å². The van der Waals surface area contributed by atoms with Crippen LogP contribution in [0, 0.1) is 34.1 Å². The largest absolute Gasteiger partial charge is 0.371 e. The lowest BCUT2D eigenvalue weighted by molar-refractivity contribution is 0.680. The van der Waals surface area contributed by atoms with Crippen molar-refractivity contribution in [1.29, 1.82) is 0 Å². The molecule has 135 valence electrons. The van der Waals surface area contributed by atoms with Crippen molar-refractivity contribution in [2.75, 3.05) is 18.0 Å². The highest BCUT2D eigenvalue weighted by Gasteiger charge is 2.20. The van der Waals surface area contributed by atoms with Crippen molar-refractivity contribution in [2.24, 2.45) is 0 Å². The highest BCUT2D eigenvalue weighted by Crippen LogP contribution is 2.35. The van der Waals surface area contributed by atoms with E-state index in [-0.39, 0.29) is 0 Å². The molecule has 3 aromatic rings. The van der Waals surface area contributed by atoms with Crippen molar-refractivity contribution in [3.63, 3.8) is 0 Å². The fraction of sp³-hybridized carbons (Fsp3) is 0.364. The first-order valence-electron chi connectivity index (χ1n) is 9.28. The second kappa shape index (κ2) is 6.62. The Kier molecular flexibility index (Phi) is 4.44. The molecule has 0 N–H and O–H groups in total. The number of anilines is 1. The number of nitrogens with zero attached hydrogens (tertiary/aromatic N) is 3. The molecule has 0 aliphatic carbocycles. The van der Waals surface area contributed by atoms with Crippen LogP contribution in [0.5, 0.6) is 0 Å². The normalized spacial score (nSPS) is 15.0. The van der Waals surface area contributed by atoms with Crippen LogP contribution in [0.3, 0.4) is 0 Å². The summed E-state index contributed by atoms with van der Waals surface area (Å²) in [5.41, 5.74) is 8.22. The molecule has 1 aliphatic rings. The van der Waals surface area contributed by atoms with Crippen molar-refractivity contribution >= 4 is 28.3 Å². The summed E-state index contributed by atoms with van der Waals surface area (Å²) in [5, 5.41) is 2.05. The van der Waals surface area contributed by atoms with Crippen molar-refractivity contribution in [3.8, 4) is 5.69 Å². The number of piperidine rings is 1. The van der Waals surface area contributed by atoms with Gasteiger partial charge in [-0.05, 0) is 81.8 Å². The third-order valence-electron chi connectivity index (χ3n) is 5.30. The summed E-state index contributed by atoms with van der Waals surface area (Å²) in [6.07, 6.45) is 6.91. The second-order valence-corrected chi connectivity index (χ2v) is 7.84. The Hall–Kier alpha value is -2.00. The summed E-state index contributed by atoms with van der Waals surface area (Å²) in [4.78, 5) is 7.44. The predicted octanol–water partition coefficient (Wildman–Crippen LogP) is 5.72. The van der Waals surface area contributed by atoms with Crippen LogP contribution >= 0.6 is 11.6 Å². The second-order valence-electron chi connectivity index (χ2n) is 7.40. The van der Waals surface area contributed by atoms with Crippen LogP contribution in [-0.4, -0.2) is 22.6 Å². The Morgan fingerprint density at radius 1 is 0.923 bits per heavy atom. The maximum atomic E-state index is 6.25. The number of halogens is 1. The lowest BCUT2D eigenvalue weighted by Crippen LogP contribution is -2.30. The Bertz CT molecular complexity index is 958. The molecular formula is C22H25ClN3. The molecule has 3 heterocycles. The third kappa shape index (κ3) is 2.88. The number of benzene rings is 1. The van der Waals surface area contributed by atoms with Crippen LogP contribution in [0.15, 0.2) is 24.4 Å². The maximum Gasteiger partial charge on any atom is 0.147 e. The van der Waals surface area contributed by atoms with Gasteiger partial charge >= 0.3 is 0 Å². The monoisotopic (exact) mass is 366 g/mol. The molecule has 2 aromatic heterocycles. The molecule has 3 nitrogen and oxygen atoms in total. The minimum absolute atomic E-state index is 0.784. The number of rotatable bonds is 2. The van der Waals surface area contributed by atoms with E-state index in [0.29, 0.717) is 0 Å². The summed E-state index contributed by atoms with van der Waals surface area (Å²) in [7, 11) is 0. The molecule has 0 saturated carbocycles. The molecule has 1 aliphatic heterocycles. The van der Waals surface area contributed by atoms with Gasteiger partial charge in [0.1, 0.15) is 5.65 Å². The number of aryl methyl sites for hydroxylation is 4. The van der Waals surface area contributed by atoms with Gasteiger partial charge in [0, 0.05) is 41.1 Å². The highest BCUT2D eigenvalue weighted by atomic mass is 35.5. The van der Waals surface area contributed by atoms with Gasteiger partial charge in [-0.1, -0.05) is 11.6 Å². The number of hydrogen-bond donors (Lipinski definition) is 0. The first-order chi connectivity index (χ1) is 12.5. The Morgan fingerprint density at radius 2 is 1.58 bits per heavy atom. The van der Waals surface area contributed by atoms with E-state index in [4.69, 9.17) is 16.6 Å². The van der Waals surface area contributed by atoms with E-state index in [0.717, 1.165) is 42.3 Å². The molecule has 4 rings (SSSR count). The zero-order valence-electron chi connectivity index (χ0n) is 15.9. The van der Waals surface area contributed by atoms with Gasteiger partial charge in [-0.2, -0.15) is 0 Å². The molecular weight excluding hydrogens is 342 g/mol. The Labute approximate surface area is 160 Å². The van der Waals surface area contributed by atoms with Gasteiger partial charge in [0.2, 0.25) is 0 Å². The lowest BCUT2D eigenvalue weighted by atomic mass is 10.1. The van der Waals surface area contributed by atoms with Crippen molar-refractivity contribution in [2.45, 2.75) is 40.5 Å². The molecule has 1 radical (unpaired) electrons. The topological polar surface area (TPSA) is 21.1 Å². The zero-order chi connectivity index (χ0) is 18.4. The Balaban J connectivity index is 1.98. The van der Waals surface area contributed by atoms with Crippen LogP contribution in [0.4, 0.5) is 5.69 Å². The molecule has 0 bridgehead atoms. The van der Waals surface area contributed by atoms with Crippen molar-refractivity contribution in [1.82, 2.24) is 9.55 Å². The van der Waals surface area contributed by atoms with E-state index in [9.17, 15) is 0 Å². The first-order valence-corrected chi connectivity index (χ1v) is 9.66. The van der Waals surface area contributed by atoms with Crippen LogP contribution < -0.4 is 4.90 Å². The fourth-order valence-corrected chi connectivity index (χ4v) is 4.53. The number of fused-ring (bicyclic) bond motifs is 1. The van der Waals surface area contributed by atoms with Crippen molar-refractivity contribution < 1.29 is 0 Å². The van der Waals surface area contributed by atoms with Gasteiger partial charge in [-0.3, -0.25) is 0 Å². The van der Waals surface area contributed by atoms with E-state index < -0.39 is 0 Å². The average molecular weight is 367 g/mol. The summed E-state index contributed by atoms with van der Waals surface area (Å²) >= 11 is 6.25. The van der Waals surface area contributed by atoms with Crippen LogP contribution in [0.2, 0.25) is 5.02 Å². The van der Waals surface area contributed by atoms with Gasteiger partial charge in [0.25, 0.3) is 0 Å². The summed E-state index contributed by atoms with van der Waals surface area (Å²) < 4.78 is 2.25. The van der Waals surface area contributed by atoms with Gasteiger partial charge in [-0.25, -0.2) is 4.98 Å². The number of pyridine rings is 1. The minimum atomic E-state index is 0.784. The molecule has 4 heteroatoms. The van der Waals surface area contributed by atoms with E-state index in [1.807, 2.05) is 12.1 Å². The fourth-order valence-electron chi connectivity index (χ4n) is 4.21. The quantitative estimate of drug-likeness (QED) is 0.578. The van der Waals surface area contributed by atoms with Gasteiger partial charge in [0.05, 0.1) is 5.69 Å². The first kappa shape index (κ1) is 17.4. The van der Waals surface area contributed by atoms with Crippen LogP contribution in [-0.2, 0) is 0 Å². The lowest BCUT2D eigenvalue weighted by Gasteiger charge is -2.29. The van der Waals surface area contributed by atoms with E-state index >= 15 is 0 Å². The summed E-state index contributed by atoms with van der Waals surface area (Å²) in [6.45, 7) is 10.7. The minimum Gasteiger partial charge on any atom is -0.371 e. The number of hydrogen-bond acceptors (Lipinski definition) is 2. The third-order valence-corrected chi connectivity index (χ3v) is 5.51. The molecule has 0 atom stereocenters. The molecule has 0 unspecified atom stereocenters. The number of aromatic nitrogens is 2. The summed E-state index contributed by atoms with van der Waals surface area (Å²) in [5.74, 6) is 0. The van der Waals surface area contributed by atoms with E-state index in [2.05, 4.69) is 55.8 Å². The van der Waals surface area contributed by atoms with E-state index in [1.165, 1.54) is 33.5 Å². The highest BCUT2D eigenvalue weighted by molar-refractivity contribution is 6.30. The maximum absolute atomic E-state index is 6.25. The summed E-state index contributed by atoms with van der Waals surface area (Å²) in [6, 6.07) is 6.30. The van der Waals surface area contributed by atoms with Gasteiger partial charge < -0.3 is 9.47 Å². The van der Waals surface area contributed by atoms with Crippen LogP contribution in [0.1, 0.15) is 35.2 Å². The molecule has 1 fully saturated rings. The van der Waals surface area contributed by atoms with Crippen molar-refractivity contribution in [3.05, 3.63) is 58.2 Å². The molecule has 0 amide bonds. The standard InChI is InChI=1S/C22H25ClN3/c1-14-10-18(23)11-15(2)21(14)26-13-16(3)20-19(12-17(4)24-22(20)26)25-8-6-5-7-9-25/h5,10-13H,6-9H2,1-4H3. The van der Waals surface area contributed by atoms with E-state index in [1.54, 1.807) is 0 Å². The Morgan fingerprint density at radius 3 is 2.23 bits per heavy atom. The van der Waals surface area contributed by atoms with Gasteiger partial charge in [0.15, 0.2) is 0 Å².